The number of hydrogen-bond donors (Lipinski definition) is 2. The smallest absolute Gasteiger partial charge is 0.329 e. The minimum atomic E-state index is -1.10. The zero-order chi connectivity index (χ0) is 18.7. The molecule has 1 aliphatic carbocycles. The van der Waals surface area contributed by atoms with E-state index in [1.54, 1.807) is 0 Å². The lowest BCUT2D eigenvalue weighted by molar-refractivity contribution is -0.149. The monoisotopic (exact) mass is 351 g/mol. The van der Waals surface area contributed by atoms with E-state index in [0.717, 1.165) is 12.8 Å². The molecule has 2 N–H and O–H groups in total. The van der Waals surface area contributed by atoms with Crippen molar-refractivity contribution in [3.8, 4) is 0 Å². The molecule has 0 unspecified atom stereocenters. The normalized spacial score (nSPS) is 24.1. The van der Waals surface area contributed by atoms with Gasteiger partial charge in [0.25, 0.3) is 0 Å². The van der Waals surface area contributed by atoms with E-state index >= 15 is 0 Å². The molecule has 0 bridgehead atoms. The lowest BCUT2D eigenvalue weighted by atomic mass is 9.77. The van der Waals surface area contributed by atoms with Crippen LogP contribution in [0.1, 0.15) is 77.9 Å². The lowest BCUT2D eigenvalue weighted by Crippen LogP contribution is -2.56. The molecule has 0 spiro atoms. The van der Waals surface area contributed by atoms with Gasteiger partial charge in [0, 0.05) is 18.3 Å². The van der Waals surface area contributed by atoms with Crippen molar-refractivity contribution in [3.63, 3.8) is 0 Å². The molecule has 7 heteroatoms. The molecule has 1 saturated carbocycles. The van der Waals surface area contributed by atoms with Gasteiger partial charge in [-0.05, 0) is 38.0 Å². The molecule has 0 aliphatic heterocycles. The van der Waals surface area contributed by atoms with Gasteiger partial charge in [-0.1, -0.05) is 32.9 Å². The van der Waals surface area contributed by atoms with Gasteiger partial charge < -0.3 is 14.9 Å². The molecule has 0 saturated heterocycles. The van der Waals surface area contributed by atoms with Gasteiger partial charge in [-0.25, -0.2) is 4.79 Å². The van der Waals surface area contributed by atoms with Gasteiger partial charge in [0.2, 0.25) is 11.8 Å². The summed E-state index contributed by atoms with van der Waals surface area (Å²) in [4.78, 5) is 28.2. The van der Waals surface area contributed by atoms with Crippen LogP contribution in [-0.2, 0) is 21.4 Å². The molecule has 0 radical (unpaired) electrons. The van der Waals surface area contributed by atoms with Gasteiger partial charge in [0.05, 0.1) is 0 Å². The fraction of sp³-hybridized carbons (Fsp3) is 0.778. The standard InChI is InChI=1S/C18H29N3O4/c1-12-8-10-18(11-9-12,16(23)24)20-13(22)6-5-7-14-19-15(21-25-14)17(2,3)4/h12H,5-11H2,1-4H3,(H,20,22)(H,23,24). The van der Waals surface area contributed by atoms with Gasteiger partial charge in [-0.15, -0.1) is 0 Å². The van der Waals surface area contributed by atoms with Crippen molar-refractivity contribution in [1.82, 2.24) is 15.5 Å². The van der Waals surface area contributed by atoms with E-state index in [0.29, 0.717) is 43.3 Å². The maximum absolute atomic E-state index is 12.2. The molecular formula is C18H29N3O4. The first-order valence-corrected chi connectivity index (χ1v) is 9.00. The molecular weight excluding hydrogens is 322 g/mol. The SMILES string of the molecule is CC1CCC(NC(=O)CCCc2nc(C(C)(C)C)no2)(C(=O)O)CC1. The number of aromatic nitrogens is 2. The first-order valence-electron chi connectivity index (χ1n) is 9.00. The number of carboxylic acids is 1. The Bertz CT molecular complexity index is 610. The number of carbonyl (C=O) groups is 2. The Morgan fingerprint density at radius 2 is 1.96 bits per heavy atom. The Labute approximate surface area is 148 Å². The fourth-order valence-electron chi connectivity index (χ4n) is 3.04. The molecule has 0 aromatic carbocycles. The van der Waals surface area contributed by atoms with Crippen LogP contribution in [0.2, 0.25) is 0 Å². The number of carboxylic acid groups (broad SMARTS) is 1. The number of rotatable bonds is 6. The second-order valence-electron chi connectivity index (χ2n) is 8.23. The molecule has 1 aromatic heterocycles. The maximum atomic E-state index is 12.2. The highest BCUT2D eigenvalue weighted by molar-refractivity contribution is 5.87. The van der Waals surface area contributed by atoms with E-state index in [4.69, 9.17) is 4.52 Å². The number of nitrogens with one attached hydrogen (secondary N) is 1. The zero-order valence-electron chi connectivity index (χ0n) is 15.6. The van der Waals surface area contributed by atoms with Crippen molar-refractivity contribution >= 4 is 11.9 Å². The number of nitrogens with zero attached hydrogens (tertiary/aromatic N) is 2. The van der Waals surface area contributed by atoms with E-state index in [1.165, 1.54) is 0 Å². The van der Waals surface area contributed by atoms with Crippen LogP contribution >= 0.6 is 0 Å². The van der Waals surface area contributed by atoms with Crippen LogP contribution in [0.15, 0.2) is 4.52 Å². The van der Waals surface area contributed by atoms with Gasteiger partial charge >= 0.3 is 5.97 Å². The van der Waals surface area contributed by atoms with Crippen LogP contribution in [0, 0.1) is 5.92 Å². The highest BCUT2D eigenvalue weighted by atomic mass is 16.5. The first-order chi connectivity index (χ1) is 11.6. The summed E-state index contributed by atoms with van der Waals surface area (Å²) in [5.41, 5.74) is -1.28. The minimum absolute atomic E-state index is 0.175. The quantitative estimate of drug-likeness (QED) is 0.816. The Morgan fingerprint density at radius 1 is 1.32 bits per heavy atom. The molecule has 25 heavy (non-hydrogen) atoms. The average Bonchev–Trinajstić information content (AvgIpc) is 2.98. The third kappa shape index (κ3) is 5.03. The van der Waals surface area contributed by atoms with E-state index in [2.05, 4.69) is 22.4 Å². The van der Waals surface area contributed by atoms with E-state index in [-0.39, 0.29) is 17.7 Å². The van der Waals surface area contributed by atoms with E-state index in [1.807, 2.05) is 20.8 Å². The first kappa shape index (κ1) is 19.4. The summed E-state index contributed by atoms with van der Waals surface area (Å²) in [7, 11) is 0. The summed E-state index contributed by atoms with van der Waals surface area (Å²) in [6.07, 6.45) is 3.94. The predicted molar refractivity (Wildman–Crippen MR) is 92.1 cm³/mol. The number of amides is 1. The van der Waals surface area contributed by atoms with Crippen molar-refractivity contribution in [2.24, 2.45) is 5.92 Å². The Kier molecular flexibility index (Phi) is 5.85. The highest BCUT2D eigenvalue weighted by Crippen LogP contribution is 2.32. The van der Waals surface area contributed by atoms with Gasteiger partial charge in [-0.3, -0.25) is 4.79 Å². The highest BCUT2D eigenvalue weighted by Gasteiger charge is 2.42. The molecule has 7 nitrogen and oxygen atoms in total. The van der Waals surface area contributed by atoms with E-state index < -0.39 is 11.5 Å². The molecule has 2 rings (SSSR count). The van der Waals surface area contributed by atoms with E-state index in [9.17, 15) is 14.7 Å². The fourth-order valence-corrected chi connectivity index (χ4v) is 3.04. The number of carbonyl (C=O) groups excluding carboxylic acids is 1. The topological polar surface area (TPSA) is 105 Å². The van der Waals surface area contributed by atoms with Crippen LogP contribution in [0.5, 0.6) is 0 Å². The van der Waals surface area contributed by atoms with Crippen LogP contribution in [-0.4, -0.2) is 32.7 Å². The van der Waals surface area contributed by atoms with Crippen LogP contribution < -0.4 is 5.32 Å². The van der Waals surface area contributed by atoms with Crippen molar-refractivity contribution in [3.05, 3.63) is 11.7 Å². The Morgan fingerprint density at radius 3 is 2.48 bits per heavy atom. The number of hydrogen-bond acceptors (Lipinski definition) is 5. The lowest BCUT2D eigenvalue weighted by Gasteiger charge is -2.36. The predicted octanol–water partition coefficient (Wildman–Crippen LogP) is 2.84. The zero-order valence-corrected chi connectivity index (χ0v) is 15.6. The molecule has 1 aliphatic rings. The second kappa shape index (κ2) is 7.54. The molecule has 1 heterocycles. The Hall–Kier alpha value is -1.92. The second-order valence-corrected chi connectivity index (χ2v) is 8.23. The maximum Gasteiger partial charge on any atom is 0.329 e. The molecule has 1 amide bonds. The van der Waals surface area contributed by atoms with Crippen molar-refractivity contribution in [1.29, 1.82) is 0 Å². The summed E-state index contributed by atoms with van der Waals surface area (Å²) in [6, 6.07) is 0. The summed E-state index contributed by atoms with van der Waals surface area (Å²) < 4.78 is 5.21. The average molecular weight is 351 g/mol. The van der Waals surface area contributed by atoms with Gasteiger partial charge in [0.15, 0.2) is 5.82 Å². The van der Waals surface area contributed by atoms with Gasteiger partial charge in [-0.2, -0.15) is 4.98 Å². The third-order valence-corrected chi connectivity index (χ3v) is 4.85. The molecule has 140 valence electrons. The minimum Gasteiger partial charge on any atom is -0.480 e. The Balaban J connectivity index is 1.83. The molecule has 1 aromatic rings. The largest absolute Gasteiger partial charge is 0.480 e. The molecule has 1 fully saturated rings. The summed E-state index contributed by atoms with van der Waals surface area (Å²) in [6.45, 7) is 8.13. The van der Waals surface area contributed by atoms with Crippen molar-refractivity contribution in [2.45, 2.75) is 83.6 Å². The van der Waals surface area contributed by atoms with Crippen molar-refractivity contribution < 1.29 is 19.2 Å². The van der Waals surface area contributed by atoms with Crippen LogP contribution in [0.3, 0.4) is 0 Å². The number of aryl methyl sites for hydroxylation is 1. The third-order valence-electron chi connectivity index (χ3n) is 4.85. The van der Waals surface area contributed by atoms with Crippen LogP contribution in [0.25, 0.3) is 0 Å². The van der Waals surface area contributed by atoms with Crippen molar-refractivity contribution in [2.75, 3.05) is 0 Å². The van der Waals surface area contributed by atoms with Gasteiger partial charge in [0.1, 0.15) is 5.54 Å². The summed E-state index contributed by atoms with van der Waals surface area (Å²) in [5.74, 6) is 0.510. The number of aliphatic carboxylic acids is 1. The van der Waals surface area contributed by atoms with Crippen LogP contribution in [0.4, 0.5) is 0 Å². The molecule has 0 atom stereocenters. The summed E-state index contributed by atoms with van der Waals surface area (Å²) >= 11 is 0. The summed E-state index contributed by atoms with van der Waals surface area (Å²) in [5, 5.41) is 16.3.